The van der Waals surface area contributed by atoms with Crippen LogP contribution in [0.15, 0.2) is 42.5 Å². The lowest BCUT2D eigenvalue weighted by Crippen LogP contribution is -2.42. The minimum absolute atomic E-state index is 0.00310. The Bertz CT molecular complexity index is 658. The molecule has 1 atom stereocenters. The molecule has 3 nitrogen and oxygen atoms in total. The fraction of sp³-hybridized carbons (Fsp3) is 0.353. The van der Waals surface area contributed by atoms with E-state index in [1.165, 1.54) is 0 Å². The van der Waals surface area contributed by atoms with Gasteiger partial charge in [0.25, 0.3) is 5.91 Å². The highest BCUT2D eigenvalue weighted by Gasteiger charge is 2.40. The average molecular weight is 269 g/mol. The van der Waals surface area contributed by atoms with Gasteiger partial charge in [-0.05, 0) is 37.1 Å². The second-order valence-electron chi connectivity index (χ2n) is 6.11. The molecule has 2 aromatic rings. The van der Waals surface area contributed by atoms with Crippen molar-refractivity contribution in [1.82, 2.24) is 4.90 Å². The van der Waals surface area contributed by atoms with E-state index in [1.807, 2.05) is 56.3 Å². The molecule has 1 saturated heterocycles. The number of hydrogen-bond donors (Lipinski definition) is 1. The minimum atomic E-state index is -0.427. The van der Waals surface area contributed by atoms with Crippen molar-refractivity contribution in [2.45, 2.75) is 31.9 Å². The molecule has 2 aromatic carbocycles. The van der Waals surface area contributed by atoms with Crippen molar-refractivity contribution < 1.29 is 9.90 Å². The van der Waals surface area contributed by atoms with Gasteiger partial charge in [0.1, 0.15) is 0 Å². The van der Waals surface area contributed by atoms with Crippen LogP contribution in [-0.4, -0.2) is 34.1 Å². The summed E-state index contributed by atoms with van der Waals surface area (Å²) in [7, 11) is 0. The number of aliphatic hydroxyl groups excluding tert-OH is 1. The van der Waals surface area contributed by atoms with Gasteiger partial charge in [-0.25, -0.2) is 0 Å². The Hall–Kier alpha value is -1.87. The Morgan fingerprint density at radius 1 is 1.20 bits per heavy atom. The molecule has 0 bridgehead atoms. The molecule has 3 rings (SSSR count). The van der Waals surface area contributed by atoms with Crippen LogP contribution in [0.5, 0.6) is 0 Å². The van der Waals surface area contributed by atoms with Crippen molar-refractivity contribution in [2.75, 3.05) is 6.54 Å². The third-order valence-electron chi connectivity index (χ3n) is 4.12. The van der Waals surface area contributed by atoms with Gasteiger partial charge in [0.15, 0.2) is 0 Å². The number of rotatable bonds is 1. The van der Waals surface area contributed by atoms with Crippen LogP contribution < -0.4 is 0 Å². The normalized spacial score (nSPS) is 21.4. The second kappa shape index (κ2) is 4.60. The fourth-order valence-electron chi connectivity index (χ4n) is 3.12. The molecule has 0 aromatic heterocycles. The van der Waals surface area contributed by atoms with Gasteiger partial charge in [-0.15, -0.1) is 0 Å². The summed E-state index contributed by atoms with van der Waals surface area (Å²) in [6, 6.07) is 13.7. The van der Waals surface area contributed by atoms with Gasteiger partial charge in [0.2, 0.25) is 0 Å². The Kier molecular flexibility index (Phi) is 3.02. The molecule has 1 unspecified atom stereocenters. The van der Waals surface area contributed by atoms with E-state index in [1.54, 1.807) is 4.90 Å². The lowest BCUT2D eigenvalue weighted by Gasteiger charge is -2.31. The van der Waals surface area contributed by atoms with Crippen LogP contribution in [0.3, 0.4) is 0 Å². The predicted molar refractivity (Wildman–Crippen MR) is 79.7 cm³/mol. The van der Waals surface area contributed by atoms with Crippen LogP contribution in [0.2, 0.25) is 0 Å². The SMILES string of the molecule is CC1(C)CC(O)CN1C(=O)c1cccc2ccccc12. The van der Waals surface area contributed by atoms with E-state index >= 15 is 0 Å². The number of hydrogen-bond acceptors (Lipinski definition) is 2. The number of amides is 1. The second-order valence-corrected chi connectivity index (χ2v) is 6.11. The summed E-state index contributed by atoms with van der Waals surface area (Å²) in [6.07, 6.45) is 0.202. The molecule has 104 valence electrons. The van der Waals surface area contributed by atoms with Crippen LogP contribution in [0.4, 0.5) is 0 Å². The first-order chi connectivity index (χ1) is 9.49. The Morgan fingerprint density at radius 2 is 1.90 bits per heavy atom. The van der Waals surface area contributed by atoms with Gasteiger partial charge < -0.3 is 10.0 Å². The highest BCUT2D eigenvalue weighted by atomic mass is 16.3. The van der Waals surface area contributed by atoms with Crippen LogP contribution in [0.1, 0.15) is 30.6 Å². The van der Waals surface area contributed by atoms with Gasteiger partial charge in [-0.3, -0.25) is 4.79 Å². The third kappa shape index (κ3) is 2.08. The van der Waals surface area contributed by atoms with Gasteiger partial charge >= 0.3 is 0 Å². The summed E-state index contributed by atoms with van der Waals surface area (Å²) >= 11 is 0. The topological polar surface area (TPSA) is 40.5 Å². The van der Waals surface area contributed by atoms with E-state index in [9.17, 15) is 9.90 Å². The molecule has 0 aliphatic carbocycles. The lowest BCUT2D eigenvalue weighted by molar-refractivity contribution is 0.0643. The highest BCUT2D eigenvalue weighted by molar-refractivity contribution is 6.07. The van der Waals surface area contributed by atoms with Crippen molar-refractivity contribution >= 4 is 16.7 Å². The summed E-state index contributed by atoms with van der Waals surface area (Å²) in [5.74, 6) is 0.00310. The van der Waals surface area contributed by atoms with E-state index in [0.717, 1.165) is 10.8 Å². The number of aliphatic hydroxyl groups is 1. The van der Waals surface area contributed by atoms with E-state index in [-0.39, 0.29) is 11.4 Å². The predicted octanol–water partition coefficient (Wildman–Crippen LogP) is 2.83. The van der Waals surface area contributed by atoms with Crippen molar-refractivity contribution in [3.63, 3.8) is 0 Å². The Labute approximate surface area is 118 Å². The maximum atomic E-state index is 12.8. The summed E-state index contributed by atoms with van der Waals surface area (Å²) in [5, 5.41) is 11.9. The fourth-order valence-corrected chi connectivity index (χ4v) is 3.12. The van der Waals surface area contributed by atoms with Crippen LogP contribution in [-0.2, 0) is 0 Å². The number of carbonyl (C=O) groups excluding carboxylic acids is 1. The summed E-state index contributed by atoms with van der Waals surface area (Å²) in [6.45, 7) is 4.42. The van der Waals surface area contributed by atoms with Gasteiger partial charge in [0, 0.05) is 17.6 Å². The molecule has 0 spiro atoms. The molecule has 1 N–H and O–H groups in total. The summed E-state index contributed by atoms with van der Waals surface area (Å²) in [4.78, 5) is 14.6. The lowest BCUT2D eigenvalue weighted by atomic mass is 9.99. The number of fused-ring (bicyclic) bond motifs is 1. The number of likely N-dealkylation sites (tertiary alicyclic amines) is 1. The zero-order chi connectivity index (χ0) is 14.3. The van der Waals surface area contributed by atoms with E-state index in [2.05, 4.69) is 0 Å². The smallest absolute Gasteiger partial charge is 0.255 e. The standard InChI is InChI=1S/C17H19NO2/c1-17(2)10-13(19)11-18(17)16(20)15-9-5-7-12-6-3-4-8-14(12)15/h3-9,13,19H,10-11H2,1-2H3. The molecule has 20 heavy (non-hydrogen) atoms. The third-order valence-corrected chi connectivity index (χ3v) is 4.12. The number of benzene rings is 2. The number of nitrogens with zero attached hydrogens (tertiary/aromatic N) is 1. The highest BCUT2D eigenvalue weighted by Crippen LogP contribution is 2.31. The van der Waals surface area contributed by atoms with Gasteiger partial charge in [-0.1, -0.05) is 36.4 Å². The zero-order valence-electron chi connectivity index (χ0n) is 11.8. The summed E-state index contributed by atoms with van der Waals surface area (Å²) in [5.41, 5.74) is 0.415. The maximum Gasteiger partial charge on any atom is 0.255 e. The molecular weight excluding hydrogens is 250 g/mol. The molecule has 1 aliphatic heterocycles. The van der Waals surface area contributed by atoms with Crippen molar-refractivity contribution in [2.24, 2.45) is 0 Å². The first-order valence-electron chi connectivity index (χ1n) is 6.97. The molecule has 0 radical (unpaired) electrons. The van der Waals surface area contributed by atoms with Gasteiger partial charge in [-0.2, -0.15) is 0 Å². The molecule has 1 aliphatic rings. The quantitative estimate of drug-likeness (QED) is 0.864. The van der Waals surface area contributed by atoms with Crippen molar-refractivity contribution in [3.05, 3.63) is 48.0 Å². The van der Waals surface area contributed by atoms with E-state index in [4.69, 9.17) is 0 Å². The number of β-amino-alcohol motifs (C(OH)–C–C–N with tert-alkyl or cyclic N) is 1. The zero-order valence-corrected chi connectivity index (χ0v) is 11.8. The van der Waals surface area contributed by atoms with Crippen LogP contribution in [0.25, 0.3) is 10.8 Å². The van der Waals surface area contributed by atoms with Crippen molar-refractivity contribution in [1.29, 1.82) is 0 Å². The molecule has 3 heteroatoms. The minimum Gasteiger partial charge on any atom is -0.391 e. The van der Waals surface area contributed by atoms with Crippen LogP contribution in [0, 0.1) is 0 Å². The monoisotopic (exact) mass is 269 g/mol. The summed E-state index contributed by atoms with van der Waals surface area (Å²) < 4.78 is 0. The van der Waals surface area contributed by atoms with E-state index in [0.29, 0.717) is 18.5 Å². The number of carbonyl (C=O) groups is 1. The largest absolute Gasteiger partial charge is 0.391 e. The first kappa shape index (κ1) is 13.1. The molecule has 0 saturated carbocycles. The molecule has 1 amide bonds. The first-order valence-corrected chi connectivity index (χ1v) is 6.97. The molecule has 1 heterocycles. The van der Waals surface area contributed by atoms with Gasteiger partial charge in [0.05, 0.1) is 6.10 Å². The maximum absolute atomic E-state index is 12.8. The Morgan fingerprint density at radius 3 is 2.60 bits per heavy atom. The van der Waals surface area contributed by atoms with Crippen molar-refractivity contribution in [3.8, 4) is 0 Å². The Balaban J connectivity index is 2.05. The van der Waals surface area contributed by atoms with E-state index < -0.39 is 6.10 Å². The van der Waals surface area contributed by atoms with Crippen LogP contribution >= 0.6 is 0 Å². The molecular formula is C17H19NO2. The molecule has 1 fully saturated rings. The average Bonchev–Trinajstić information content (AvgIpc) is 2.70.